The van der Waals surface area contributed by atoms with Crippen molar-refractivity contribution in [2.45, 2.75) is 32.6 Å². The fourth-order valence-corrected chi connectivity index (χ4v) is 5.58. The van der Waals surface area contributed by atoms with Crippen LogP contribution >= 0.6 is 22.9 Å². The third kappa shape index (κ3) is 5.94. The Morgan fingerprint density at radius 3 is 2.39 bits per heavy atom. The van der Waals surface area contributed by atoms with Gasteiger partial charge in [-0.2, -0.15) is 14.6 Å². The summed E-state index contributed by atoms with van der Waals surface area (Å²) < 4.78 is 9.56. The normalized spacial score (nSPS) is 11.9. The second-order valence-electron chi connectivity index (χ2n) is 9.70. The van der Waals surface area contributed by atoms with Crippen LogP contribution in [0.5, 0.6) is 5.75 Å². The summed E-state index contributed by atoms with van der Waals surface area (Å²) in [5, 5.41) is 10.0. The van der Waals surface area contributed by atoms with E-state index in [1.165, 1.54) is 35.1 Å². The van der Waals surface area contributed by atoms with Crippen molar-refractivity contribution in [3.05, 3.63) is 111 Å². The number of para-hydroxylation sites is 1. The molecule has 0 atom stereocenters. The number of nitrogens with zero attached hydrogens (tertiary/aromatic N) is 5. The van der Waals surface area contributed by atoms with Crippen molar-refractivity contribution in [2.75, 3.05) is 6.61 Å². The molecule has 0 amide bonds. The van der Waals surface area contributed by atoms with Crippen LogP contribution in [-0.2, 0) is 0 Å². The summed E-state index contributed by atoms with van der Waals surface area (Å²) in [5.74, 6) is 1.33. The van der Waals surface area contributed by atoms with Crippen molar-refractivity contribution in [1.29, 1.82) is 0 Å². The van der Waals surface area contributed by atoms with Gasteiger partial charge < -0.3 is 4.74 Å². The van der Waals surface area contributed by atoms with Gasteiger partial charge in [0, 0.05) is 27.9 Å². The number of hydrogen-bond acceptors (Lipinski definition) is 6. The van der Waals surface area contributed by atoms with Gasteiger partial charge in [0.05, 0.1) is 16.8 Å². The van der Waals surface area contributed by atoms with Gasteiger partial charge in [-0.15, -0.1) is 5.10 Å². The molecule has 0 aliphatic rings. The van der Waals surface area contributed by atoms with E-state index in [2.05, 4.69) is 17.0 Å². The third-order valence-corrected chi connectivity index (χ3v) is 7.94. The lowest BCUT2D eigenvalue weighted by Crippen LogP contribution is -2.23. The Labute approximate surface area is 246 Å². The first-order valence-electron chi connectivity index (χ1n) is 13.6. The van der Waals surface area contributed by atoms with Crippen LogP contribution in [0.1, 0.15) is 38.2 Å². The Balaban J connectivity index is 1.30. The largest absolute Gasteiger partial charge is 0.494 e. The molecular weight excluding hydrogens is 554 g/mol. The van der Waals surface area contributed by atoms with Crippen molar-refractivity contribution < 1.29 is 4.74 Å². The molecule has 3 heterocycles. The Kier molecular flexibility index (Phi) is 7.93. The van der Waals surface area contributed by atoms with Crippen LogP contribution in [0.15, 0.2) is 89.9 Å². The Morgan fingerprint density at radius 1 is 0.902 bits per heavy atom. The highest BCUT2D eigenvalue weighted by Crippen LogP contribution is 2.26. The highest BCUT2D eigenvalue weighted by Gasteiger charge is 2.15. The SMILES string of the molecule is CCCCCCOc1ccc(-c2nc3sc(=Cc4cn(-c5ccccc5)nc4-c4ccc(Cl)cc4)c(=O)n3n2)cc1. The second-order valence-corrected chi connectivity index (χ2v) is 11.1. The first kappa shape index (κ1) is 26.9. The lowest BCUT2D eigenvalue weighted by atomic mass is 10.1. The highest BCUT2D eigenvalue weighted by molar-refractivity contribution is 7.15. The summed E-state index contributed by atoms with van der Waals surface area (Å²) in [7, 11) is 0. The van der Waals surface area contributed by atoms with Crippen LogP contribution in [0.3, 0.4) is 0 Å². The maximum atomic E-state index is 13.4. The minimum Gasteiger partial charge on any atom is -0.494 e. The van der Waals surface area contributed by atoms with Gasteiger partial charge in [-0.25, -0.2) is 4.68 Å². The fraction of sp³-hybridized carbons (Fsp3) is 0.188. The molecule has 0 radical (unpaired) electrons. The number of aromatic nitrogens is 5. The lowest BCUT2D eigenvalue weighted by molar-refractivity contribution is 0.305. The van der Waals surface area contributed by atoms with Crippen molar-refractivity contribution in [1.82, 2.24) is 24.4 Å². The molecule has 0 N–H and O–H groups in total. The van der Waals surface area contributed by atoms with Crippen molar-refractivity contribution >= 4 is 34.0 Å². The van der Waals surface area contributed by atoms with E-state index in [0.717, 1.165) is 40.2 Å². The smallest absolute Gasteiger partial charge is 0.291 e. The highest BCUT2D eigenvalue weighted by atomic mass is 35.5. The average Bonchev–Trinajstić information content (AvgIpc) is 3.69. The minimum atomic E-state index is -0.217. The van der Waals surface area contributed by atoms with Gasteiger partial charge in [0.2, 0.25) is 4.96 Å². The molecule has 206 valence electrons. The summed E-state index contributed by atoms with van der Waals surface area (Å²) in [6, 6.07) is 25.1. The van der Waals surface area contributed by atoms with Crippen molar-refractivity contribution in [2.24, 2.45) is 0 Å². The molecule has 0 aliphatic carbocycles. The zero-order valence-electron chi connectivity index (χ0n) is 22.5. The fourth-order valence-electron chi connectivity index (χ4n) is 4.55. The van der Waals surface area contributed by atoms with Crippen LogP contribution in [0, 0.1) is 0 Å². The molecule has 0 unspecified atom stereocenters. The van der Waals surface area contributed by atoms with E-state index in [4.69, 9.17) is 21.4 Å². The van der Waals surface area contributed by atoms with E-state index in [0.29, 0.717) is 26.9 Å². The summed E-state index contributed by atoms with van der Waals surface area (Å²) in [6.45, 7) is 2.91. The molecule has 0 spiro atoms. The molecule has 7 nitrogen and oxygen atoms in total. The molecule has 0 bridgehead atoms. The molecule has 0 saturated carbocycles. The zero-order chi connectivity index (χ0) is 28.2. The number of ether oxygens (including phenoxy) is 1. The predicted molar refractivity (Wildman–Crippen MR) is 165 cm³/mol. The molecule has 6 rings (SSSR count). The molecular formula is C32H28ClN5O2S. The Bertz CT molecular complexity index is 1880. The van der Waals surface area contributed by atoms with Gasteiger partial charge in [0.15, 0.2) is 5.82 Å². The monoisotopic (exact) mass is 581 g/mol. The van der Waals surface area contributed by atoms with E-state index < -0.39 is 0 Å². The minimum absolute atomic E-state index is 0.217. The maximum absolute atomic E-state index is 13.4. The van der Waals surface area contributed by atoms with Crippen LogP contribution in [0.25, 0.3) is 39.4 Å². The van der Waals surface area contributed by atoms with Crippen molar-refractivity contribution in [3.63, 3.8) is 0 Å². The topological polar surface area (TPSA) is 74.3 Å². The zero-order valence-corrected chi connectivity index (χ0v) is 24.1. The number of rotatable bonds is 10. The second kappa shape index (κ2) is 12.1. The number of hydrogen-bond donors (Lipinski definition) is 0. The van der Waals surface area contributed by atoms with Gasteiger partial charge >= 0.3 is 0 Å². The number of halogens is 1. The van der Waals surface area contributed by atoms with E-state index >= 15 is 0 Å². The van der Waals surface area contributed by atoms with E-state index in [1.54, 1.807) is 0 Å². The van der Waals surface area contributed by atoms with Crippen LogP contribution in [0.2, 0.25) is 5.02 Å². The first-order chi connectivity index (χ1) is 20.1. The molecule has 0 fully saturated rings. The van der Waals surface area contributed by atoms with Gasteiger partial charge in [-0.3, -0.25) is 4.79 Å². The number of unbranched alkanes of at least 4 members (excludes halogenated alkanes) is 3. The lowest BCUT2D eigenvalue weighted by Gasteiger charge is -2.06. The van der Waals surface area contributed by atoms with Gasteiger partial charge in [0.1, 0.15) is 11.4 Å². The molecule has 6 aromatic rings. The summed E-state index contributed by atoms with van der Waals surface area (Å²) in [6.07, 6.45) is 8.44. The molecule has 0 aliphatic heterocycles. The standard InChI is InChI=1S/C32H28ClN5O2S/c1-2-3-4-8-19-40-27-17-13-23(14-18-27)30-34-32-38(36-30)31(39)28(41-32)20-24-21-37(26-9-6-5-7-10-26)35-29(24)22-11-15-25(33)16-12-22/h5-7,9-18,20-21H,2-4,8,19H2,1H3. The molecule has 41 heavy (non-hydrogen) atoms. The van der Waals surface area contributed by atoms with E-state index in [1.807, 2.05) is 95.8 Å². The van der Waals surface area contributed by atoms with E-state index in [-0.39, 0.29) is 5.56 Å². The van der Waals surface area contributed by atoms with Gasteiger partial charge in [-0.05, 0) is 61.0 Å². The van der Waals surface area contributed by atoms with Crippen molar-refractivity contribution in [3.8, 4) is 34.1 Å². The van der Waals surface area contributed by atoms with Crippen LogP contribution < -0.4 is 14.8 Å². The number of fused-ring (bicyclic) bond motifs is 1. The van der Waals surface area contributed by atoms with Gasteiger partial charge in [0.25, 0.3) is 5.56 Å². The molecule has 3 aromatic heterocycles. The first-order valence-corrected chi connectivity index (χ1v) is 14.8. The maximum Gasteiger partial charge on any atom is 0.291 e. The average molecular weight is 582 g/mol. The van der Waals surface area contributed by atoms with Crippen LogP contribution in [-0.4, -0.2) is 31.0 Å². The molecule has 3 aromatic carbocycles. The Morgan fingerprint density at radius 2 is 1.66 bits per heavy atom. The summed E-state index contributed by atoms with van der Waals surface area (Å²) in [5.41, 5.74) is 3.99. The third-order valence-electron chi connectivity index (χ3n) is 6.73. The summed E-state index contributed by atoms with van der Waals surface area (Å²) >= 11 is 7.43. The Hall–Kier alpha value is -4.27. The van der Waals surface area contributed by atoms with E-state index in [9.17, 15) is 4.79 Å². The van der Waals surface area contributed by atoms with Gasteiger partial charge in [-0.1, -0.05) is 79.5 Å². The molecule has 9 heteroatoms. The molecule has 0 saturated heterocycles. The predicted octanol–water partition coefficient (Wildman–Crippen LogP) is 6.83. The van der Waals surface area contributed by atoms with Crippen LogP contribution in [0.4, 0.5) is 0 Å². The number of thiazole rings is 1. The summed E-state index contributed by atoms with van der Waals surface area (Å²) in [4.78, 5) is 18.6. The quantitative estimate of drug-likeness (QED) is 0.166. The number of benzene rings is 3.